The molecule has 1 aliphatic heterocycles. The number of nitrogens with one attached hydrogen (secondary N) is 1. The van der Waals surface area contributed by atoms with Crippen LogP contribution in [0.1, 0.15) is 18.9 Å². The van der Waals surface area contributed by atoms with Gasteiger partial charge in [-0.2, -0.15) is 0 Å². The molecular formula is C17H22N2. The third-order valence-electron chi connectivity index (χ3n) is 3.95. The van der Waals surface area contributed by atoms with Crippen molar-refractivity contribution in [2.45, 2.75) is 25.9 Å². The first-order chi connectivity index (χ1) is 9.33. The maximum atomic E-state index is 3.56. The Labute approximate surface area is 115 Å². The summed E-state index contributed by atoms with van der Waals surface area (Å²) in [6.07, 6.45) is 1.25. The molecule has 1 heterocycles. The summed E-state index contributed by atoms with van der Waals surface area (Å²) in [5.41, 5.74) is 1.45. The highest BCUT2D eigenvalue weighted by Gasteiger charge is 2.14. The first kappa shape index (κ1) is 12.6. The summed E-state index contributed by atoms with van der Waals surface area (Å²) < 4.78 is 0. The van der Waals surface area contributed by atoms with Gasteiger partial charge in [0, 0.05) is 19.1 Å². The van der Waals surface area contributed by atoms with Crippen molar-refractivity contribution in [3.05, 3.63) is 48.0 Å². The molecule has 0 amide bonds. The van der Waals surface area contributed by atoms with Gasteiger partial charge in [-0.15, -0.1) is 0 Å². The fraction of sp³-hybridized carbons (Fsp3) is 0.412. The molecule has 0 radical (unpaired) electrons. The van der Waals surface area contributed by atoms with E-state index in [1.54, 1.807) is 0 Å². The fourth-order valence-corrected chi connectivity index (χ4v) is 3.01. The molecule has 2 aromatic carbocycles. The van der Waals surface area contributed by atoms with Crippen molar-refractivity contribution in [2.24, 2.45) is 0 Å². The monoisotopic (exact) mass is 254 g/mol. The molecule has 19 heavy (non-hydrogen) atoms. The second-order valence-corrected chi connectivity index (χ2v) is 5.58. The van der Waals surface area contributed by atoms with Gasteiger partial charge in [-0.05, 0) is 42.8 Å². The zero-order valence-corrected chi connectivity index (χ0v) is 11.6. The van der Waals surface area contributed by atoms with Crippen molar-refractivity contribution in [2.75, 3.05) is 19.6 Å². The van der Waals surface area contributed by atoms with E-state index in [0.717, 1.165) is 19.6 Å². The molecular weight excluding hydrogens is 232 g/mol. The predicted molar refractivity (Wildman–Crippen MR) is 81.3 cm³/mol. The molecule has 0 spiro atoms. The van der Waals surface area contributed by atoms with Crippen LogP contribution < -0.4 is 5.32 Å². The zero-order chi connectivity index (χ0) is 13.1. The lowest BCUT2D eigenvalue weighted by molar-refractivity contribution is 0.265. The van der Waals surface area contributed by atoms with Crippen LogP contribution >= 0.6 is 0 Å². The van der Waals surface area contributed by atoms with Crippen LogP contribution in [0, 0.1) is 0 Å². The highest BCUT2D eigenvalue weighted by atomic mass is 15.2. The lowest BCUT2D eigenvalue weighted by Crippen LogP contribution is -2.34. The molecule has 1 saturated heterocycles. The van der Waals surface area contributed by atoms with E-state index >= 15 is 0 Å². The van der Waals surface area contributed by atoms with Gasteiger partial charge in [-0.3, -0.25) is 4.90 Å². The summed E-state index contributed by atoms with van der Waals surface area (Å²) in [6.45, 7) is 6.83. The van der Waals surface area contributed by atoms with Crippen molar-refractivity contribution >= 4 is 10.8 Å². The Hall–Kier alpha value is -1.38. The molecule has 1 aliphatic rings. The first-order valence-corrected chi connectivity index (χ1v) is 7.25. The topological polar surface area (TPSA) is 15.3 Å². The molecule has 1 atom stereocenters. The molecule has 2 nitrogen and oxygen atoms in total. The minimum absolute atomic E-state index is 0.595. The van der Waals surface area contributed by atoms with Crippen molar-refractivity contribution < 1.29 is 0 Å². The molecule has 2 aromatic rings. The smallest absolute Gasteiger partial charge is 0.0240 e. The van der Waals surface area contributed by atoms with Gasteiger partial charge >= 0.3 is 0 Å². The summed E-state index contributed by atoms with van der Waals surface area (Å²) in [5, 5.41) is 6.30. The number of fused-ring (bicyclic) bond motifs is 1. The van der Waals surface area contributed by atoms with Crippen LogP contribution in [0.5, 0.6) is 0 Å². The van der Waals surface area contributed by atoms with Crippen molar-refractivity contribution in [1.82, 2.24) is 10.2 Å². The molecule has 100 valence electrons. The van der Waals surface area contributed by atoms with Gasteiger partial charge in [-0.25, -0.2) is 0 Å². The third-order valence-corrected chi connectivity index (χ3v) is 3.95. The number of rotatable bonds is 2. The summed E-state index contributed by atoms with van der Waals surface area (Å²) in [4.78, 5) is 2.58. The van der Waals surface area contributed by atoms with Crippen molar-refractivity contribution in [3.8, 4) is 0 Å². The maximum Gasteiger partial charge on any atom is 0.0240 e. The highest BCUT2D eigenvalue weighted by molar-refractivity contribution is 5.85. The zero-order valence-electron chi connectivity index (χ0n) is 11.6. The predicted octanol–water partition coefficient (Wildman–Crippen LogP) is 3.02. The lowest BCUT2D eigenvalue weighted by Gasteiger charge is -2.23. The first-order valence-electron chi connectivity index (χ1n) is 7.25. The van der Waals surface area contributed by atoms with Crippen LogP contribution in [0.25, 0.3) is 10.8 Å². The second kappa shape index (κ2) is 5.72. The molecule has 0 aromatic heterocycles. The molecule has 2 heteroatoms. The summed E-state index contributed by atoms with van der Waals surface area (Å²) in [5.74, 6) is 0. The van der Waals surface area contributed by atoms with Gasteiger partial charge in [0.2, 0.25) is 0 Å². The summed E-state index contributed by atoms with van der Waals surface area (Å²) in [7, 11) is 0. The molecule has 0 aliphatic carbocycles. The maximum absolute atomic E-state index is 3.56. The minimum atomic E-state index is 0.595. The Balaban J connectivity index is 1.84. The van der Waals surface area contributed by atoms with Gasteiger partial charge in [0.1, 0.15) is 0 Å². The van der Waals surface area contributed by atoms with Crippen LogP contribution in [0.2, 0.25) is 0 Å². The van der Waals surface area contributed by atoms with E-state index in [-0.39, 0.29) is 0 Å². The SMILES string of the molecule is CC1CN(Cc2cccc3ccccc23)CCCN1. The summed E-state index contributed by atoms with van der Waals surface area (Å²) in [6, 6.07) is 15.9. The highest BCUT2D eigenvalue weighted by Crippen LogP contribution is 2.20. The second-order valence-electron chi connectivity index (χ2n) is 5.58. The normalized spacial score (nSPS) is 21.4. The Kier molecular flexibility index (Phi) is 3.81. The van der Waals surface area contributed by atoms with Gasteiger partial charge in [-0.1, -0.05) is 42.5 Å². The Bertz CT molecular complexity index is 544. The molecule has 1 fully saturated rings. The molecule has 0 saturated carbocycles. The fourth-order valence-electron chi connectivity index (χ4n) is 3.01. The van der Waals surface area contributed by atoms with E-state index in [1.807, 2.05) is 0 Å². The quantitative estimate of drug-likeness (QED) is 0.886. The van der Waals surface area contributed by atoms with Gasteiger partial charge in [0.15, 0.2) is 0 Å². The standard InChI is InChI=1S/C17H22N2/c1-14-12-19(11-5-10-18-14)13-16-8-4-7-15-6-2-3-9-17(15)16/h2-4,6-9,14,18H,5,10-13H2,1H3. The average molecular weight is 254 g/mol. The van der Waals surface area contributed by atoms with E-state index < -0.39 is 0 Å². The lowest BCUT2D eigenvalue weighted by atomic mass is 10.0. The van der Waals surface area contributed by atoms with Gasteiger partial charge < -0.3 is 5.32 Å². The van der Waals surface area contributed by atoms with Crippen LogP contribution in [0.3, 0.4) is 0 Å². The van der Waals surface area contributed by atoms with Crippen LogP contribution in [-0.2, 0) is 6.54 Å². The van der Waals surface area contributed by atoms with E-state index in [1.165, 1.54) is 29.3 Å². The van der Waals surface area contributed by atoms with Crippen LogP contribution in [0.4, 0.5) is 0 Å². The van der Waals surface area contributed by atoms with Crippen LogP contribution in [0.15, 0.2) is 42.5 Å². The number of hydrogen-bond donors (Lipinski definition) is 1. The minimum Gasteiger partial charge on any atom is -0.313 e. The Morgan fingerprint density at radius 2 is 2.00 bits per heavy atom. The van der Waals surface area contributed by atoms with Gasteiger partial charge in [0.25, 0.3) is 0 Å². The van der Waals surface area contributed by atoms with Crippen LogP contribution in [-0.4, -0.2) is 30.6 Å². The van der Waals surface area contributed by atoms with E-state index in [2.05, 4.69) is 59.6 Å². The average Bonchev–Trinajstić information content (AvgIpc) is 2.63. The summed E-state index contributed by atoms with van der Waals surface area (Å²) >= 11 is 0. The molecule has 1 N–H and O–H groups in total. The Morgan fingerprint density at radius 1 is 1.16 bits per heavy atom. The largest absolute Gasteiger partial charge is 0.313 e. The Morgan fingerprint density at radius 3 is 2.95 bits per heavy atom. The number of hydrogen-bond acceptors (Lipinski definition) is 2. The molecule has 1 unspecified atom stereocenters. The van der Waals surface area contributed by atoms with E-state index in [0.29, 0.717) is 6.04 Å². The van der Waals surface area contributed by atoms with Crippen molar-refractivity contribution in [3.63, 3.8) is 0 Å². The number of nitrogens with zero attached hydrogens (tertiary/aromatic N) is 1. The number of benzene rings is 2. The van der Waals surface area contributed by atoms with E-state index in [4.69, 9.17) is 0 Å². The van der Waals surface area contributed by atoms with E-state index in [9.17, 15) is 0 Å². The van der Waals surface area contributed by atoms with Crippen molar-refractivity contribution in [1.29, 1.82) is 0 Å². The molecule has 0 bridgehead atoms. The molecule has 3 rings (SSSR count). The van der Waals surface area contributed by atoms with Gasteiger partial charge in [0.05, 0.1) is 0 Å². The third kappa shape index (κ3) is 2.96.